The molecule has 32 heavy (non-hydrogen) atoms. The second-order valence-electron chi connectivity index (χ2n) is 7.68. The minimum atomic E-state index is -4.10. The maximum absolute atomic E-state index is 12.1. The second kappa shape index (κ2) is 9.63. The summed E-state index contributed by atoms with van der Waals surface area (Å²) in [6, 6.07) is 1.74. The average Bonchev–Trinajstić information content (AvgIpc) is 2.94. The Bertz CT molecular complexity index is 1090. The molecule has 170 valence electrons. The highest BCUT2D eigenvalue weighted by molar-refractivity contribution is 7.85. The van der Waals surface area contributed by atoms with Gasteiger partial charge in [0.1, 0.15) is 12.1 Å². The van der Waals surface area contributed by atoms with Gasteiger partial charge in [0.2, 0.25) is 0 Å². The van der Waals surface area contributed by atoms with E-state index in [1.165, 1.54) is 6.20 Å². The molecule has 1 atom stereocenters. The quantitative estimate of drug-likeness (QED) is 0.307. The van der Waals surface area contributed by atoms with Crippen molar-refractivity contribution in [1.82, 2.24) is 10.0 Å². The molecule has 11 heteroatoms. The minimum Gasteiger partial charge on any atom is -0.302 e. The third-order valence-electron chi connectivity index (χ3n) is 5.06. The van der Waals surface area contributed by atoms with E-state index < -0.39 is 33.1 Å². The van der Waals surface area contributed by atoms with E-state index in [-0.39, 0.29) is 44.5 Å². The number of rotatable bonds is 10. The van der Waals surface area contributed by atoms with E-state index >= 15 is 0 Å². The first-order chi connectivity index (χ1) is 15.1. The van der Waals surface area contributed by atoms with E-state index in [4.69, 9.17) is 9.39 Å². The number of ketones is 1. The van der Waals surface area contributed by atoms with Crippen LogP contribution in [-0.2, 0) is 40.6 Å². The zero-order chi connectivity index (χ0) is 23.4. The molecule has 0 spiro atoms. The highest BCUT2D eigenvalue weighted by Crippen LogP contribution is 2.28. The fourth-order valence-corrected chi connectivity index (χ4v) is 3.80. The molecule has 1 unspecified atom stereocenters. The Morgan fingerprint density at radius 2 is 1.91 bits per heavy atom. The molecule has 3 rings (SSSR count). The van der Waals surface area contributed by atoms with Gasteiger partial charge in [-0.05, 0) is 24.1 Å². The Hall–Kier alpha value is -3.02. The van der Waals surface area contributed by atoms with Crippen molar-refractivity contribution in [2.45, 2.75) is 32.1 Å². The smallest absolute Gasteiger partial charge is 0.264 e. The topological polar surface area (TPSA) is 148 Å². The van der Waals surface area contributed by atoms with Crippen molar-refractivity contribution in [3.63, 3.8) is 0 Å². The number of Topliss-reactive ketones (excluding diaryl/α,β-unsaturated/α-hetero) is 1. The number of aldehydes is 1. The lowest BCUT2D eigenvalue weighted by atomic mass is 9.90. The van der Waals surface area contributed by atoms with Crippen LogP contribution in [0.1, 0.15) is 42.5 Å². The predicted octanol–water partition coefficient (Wildman–Crippen LogP) is 1.17. The second-order valence-corrected chi connectivity index (χ2v) is 9.25. The summed E-state index contributed by atoms with van der Waals surface area (Å²) in [5, 5.41) is 0.689. The van der Waals surface area contributed by atoms with Gasteiger partial charge in [0, 0.05) is 37.4 Å². The maximum atomic E-state index is 12.1. The monoisotopic (exact) mass is 462 g/mol. The van der Waals surface area contributed by atoms with Gasteiger partial charge in [-0.25, -0.2) is 0 Å². The van der Waals surface area contributed by atoms with Crippen LogP contribution in [0.15, 0.2) is 24.4 Å². The molecule has 10 nitrogen and oxygen atoms in total. The molecule has 0 aromatic carbocycles. The molecule has 2 aliphatic rings. The van der Waals surface area contributed by atoms with Crippen molar-refractivity contribution in [2.75, 3.05) is 12.4 Å². The molecule has 0 bridgehead atoms. The predicted molar refractivity (Wildman–Crippen MR) is 112 cm³/mol. The molecule has 1 N–H and O–H groups in total. The number of hydrogen-bond donors (Lipinski definition) is 1. The summed E-state index contributed by atoms with van der Waals surface area (Å²) >= 11 is 0. The molecule has 1 aromatic rings. The van der Waals surface area contributed by atoms with E-state index in [2.05, 4.69) is 4.98 Å². The molecule has 0 saturated carbocycles. The van der Waals surface area contributed by atoms with Crippen molar-refractivity contribution in [2.24, 2.45) is 5.41 Å². The first kappa shape index (κ1) is 23.6. The number of fused-ring (bicyclic) bond motifs is 1. The number of hydroxylamine groups is 2. The van der Waals surface area contributed by atoms with E-state index in [9.17, 15) is 27.6 Å². The molecule has 1 aliphatic heterocycles. The number of nitrogens with zero attached hydrogens (tertiary/aromatic N) is 2. The Morgan fingerprint density at radius 3 is 2.56 bits per heavy atom. The van der Waals surface area contributed by atoms with Crippen LogP contribution in [0, 0.1) is 5.41 Å². The van der Waals surface area contributed by atoms with E-state index in [0.717, 1.165) is 0 Å². The maximum Gasteiger partial charge on any atom is 0.264 e. The first-order valence-electron chi connectivity index (χ1n) is 9.90. The van der Waals surface area contributed by atoms with Gasteiger partial charge in [-0.2, -0.15) is 13.5 Å². The van der Waals surface area contributed by atoms with Gasteiger partial charge in [0.05, 0.1) is 23.5 Å². The van der Waals surface area contributed by atoms with Crippen LogP contribution in [0.2, 0.25) is 0 Å². The fraction of sp³-hybridized carbons (Fsp3) is 0.381. The van der Waals surface area contributed by atoms with Gasteiger partial charge < -0.3 is 4.79 Å². The number of carbonyl (C=O) groups excluding carboxylic acids is 4. The van der Waals surface area contributed by atoms with Crippen LogP contribution in [0.4, 0.5) is 0 Å². The van der Waals surface area contributed by atoms with Crippen LogP contribution in [0.25, 0.3) is 12.2 Å². The number of imide groups is 1. The van der Waals surface area contributed by atoms with Crippen LogP contribution < -0.4 is 0 Å². The summed E-state index contributed by atoms with van der Waals surface area (Å²) < 4.78 is 30.2. The van der Waals surface area contributed by atoms with Gasteiger partial charge in [-0.15, -0.1) is 0 Å². The SMILES string of the molecule is O=CC1(CON2C(=O)CCC2=O)C=Cc2cc(CC(=O)CCCS(=O)(=O)O)cnc2C=C1. The Balaban J connectivity index is 1.67. The lowest BCUT2D eigenvalue weighted by Gasteiger charge is -2.22. The first-order valence-corrected chi connectivity index (χ1v) is 11.5. The standard InChI is InChI=1S/C21H22N2O8S/c24-13-21(14-31-23-19(26)3-4-20(23)27)7-5-16-10-15(12-22-18(16)6-8-21)11-17(25)2-1-9-32(28,29)30/h5-8,10,12-13H,1-4,9,11,14H2,(H,28,29,30). The third kappa shape index (κ3) is 6.02. The Kier molecular flexibility index (Phi) is 7.12. The third-order valence-corrected chi connectivity index (χ3v) is 5.86. The van der Waals surface area contributed by atoms with Crippen LogP contribution in [0.5, 0.6) is 0 Å². The lowest BCUT2D eigenvalue weighted by Crippen LogP contribution is -2.35. The van der Waals surface area contributed by atoms with Crippen LogP contribution in [0.3, 0.4) is 0 Å². The number of aromatic nitrogens is 1. The molecule has 0 radical (unpaired) electrons. The van der Waals surface area contributed by atoms with Gasteiger partial charge >= 0.3 is 0 Å². The van der Waals surface area contributed by atoms with Gasteiger partial charge in [0.15, 0.2) is 0 Å². The molecule has 2 heterocycles. The van der Waals surface area contributed by atoms with Gasteiger partial charge in [-0.1, -0.05) is 18.2 Å². The van der Waals surface area contributed by atoms with Crippen molar-refractivity contribution in [1.29, 1.82) is 0 Å². The summed E-state index contributed by atoms with van der Waals surface area (Å²) in [5.74, 6) is -1.57. The van der Waals surface area contributed by atoms with Crippen LogP contribution >= 0.6 is 0 Å². The fourth-order valence-electron chi connectivity index (χ4n) is 3.29. The molecule has 1 saturated heterocycles. The zero-order valence-electron chi connectivity index (χ0n) is 17.1. The Labute approximate surface area is 184 Å². The summed E-state index contributed by atoms with van der Waals surface area (Å²) in [6.45, 7) is -0.242. The van der Waals surface area contributed by atoms with Crippen molar-refractivity contribution in [3.8, 4) is 0 Å². The molecule has 2 amide bonds. The van der Waals surface area contributed by atoms with E-state index in [1.807, 2.05) is 0 Å². The zero-order valence-corrected chi connectivity index (χ0v) is 17.9. The average molecular weight is 462 g/mol. The molecule has 1 aliphatic carbocycles. The van der Waals surface area contributed by atoms with Gasteiger partial charge in [-0.3, -0.25) is 28.8 Å². The summed E-state index contributed by atoms with van der Waals surface area (Å²) in [7, 11) is -4.10. The molecule has 1 aromatic heterocycles. The minimum absolute atomic E-state index is 0.00610. The highest BCUT2D eigenvalue weighted by atomic mass is 32.2. The van der Waals surface area contributed by atoms with Crippen molar-refractivity contribution in [3.05, 3.63) is 41.2 Å². The van der Waals surface area contributed by atoms with Gasteiger partial charge in [0.25, 0.3) is 21.9 Å². The summed E-state index contributed by atoms with van der Waals surface area (Å²) in [6.07, 6.45) is 8.82. The molecular weight excluding hydrogens is 440 g/mol. The van der Waals surface area contributed by atoms with E-state index in [0.29, 0.717) is 28.2 Å². The summed E-state index contributed by atoms with van der Waals surface area (Å²) in [5.41, 5.74) is 0.611. The normalized spacial score (nSPS) is 20.3. The number of carbonyl (C=O) groups is 4. The highest BCUT2D eigenvalue weighted by Gasteiger charge is 2.34. The molecule has 1 fully saturated rings. The Morgan fingerprint density at radius 1 is 1.22 bits per heavy atom. The lowest BCUT2D eigenvalue weighted by molar-refractivity contribution is -0.192. The largest absolute Gasteiger partial charge is 0.302 e. The number of pyridine rings is 1. The van der Waals surface area contributed by atoms with Crippen molar-refractivity contribution >= 4 is 46.2 Å². The summed E-state index contributed by atoms with van der Waals surface area (Å²) in [4.78, 5) is 57.0. The van der Waals surface area contributed by atoms with Crippen molar-refractivity contribution < 1.29 is 37.0 Å². The van der Waals surface area contributed by atoms with E-state index in [1.54, 1.807) is 30.4 Å². The number of amides is 2. The number of hydrogen-bond acceptors (Lipinski definition) is 8. The van der Waals surface area contributed by atoms with Crippen LogP contribution in [-0.4, -0.2) is 59.3 Å². The molecular formula is C21H22N2O8S.